The summed E-state index contributed by atoms with van der Waals surface area (Å²) in [4.78, 5) is 16.2. The van der Waals surface area contributed by atoms with E-state index in [0.717, 1.165) is 6.42 Å². The zero-order valence-corrected chi connectivity index (χ0v) is 13.2. The topological polar surface area (TPSA) is 62.2 Å². The van der Waals surface area contributed by atoms with Crippen molar-refractivity contribution in [2.75, 3.05) is 5.32 Å². The normalized spacial score (nSPS) is 14.2. The highest BCUT2D eigenvalue weighted by molar-refractivity contribution is 9.10. The van der Waals surface area contributed by atoms with Crippen LogP contribution < -0.4 is 5.32 Å². The maximum absolute atomic E-state index is 12.2. The molecule has 1 amide bonds. The minimum absolute atomic E-state index is 0.353. The van der Waals surface area contributed by atoms with Crippen LogP contribution in [0.4, 0.5) is 5.69 Å². The molecule has 106 valence electrons. The molecule has 0 aliphatic rings. The Kier molecular flexibility index (Phi) is 5.94. The number of halogens is 1. The number of nitrogens with one attached hydrogen (secondary N) is 1. The molecule has 1 heterocycles. The molecule has 1 aromatic rings. The third-order valence-corrected chi connectivity index (χ3v) is 3.56. The highest BCUT2D eigenvalue weighted by Gasteiger charge is 2.33. The molecule has 0 aromatic carbocycles. The first-order valence-electron chi connectivity index (χ1n) is 6.53. The summed E-state index contributed by atoms with van der Waals surface area (Å²) in [5.74, 6) is 0.106. The highest BCUT2D eigenvalue weighted by Crippen LogP contribution is 2.23. The number of aliphatic hydroxyl groups is 1. The highest BCUT2D eigenvalue weighted by atomic mass is 79.9. The lowest BCUT2D eigenvalue weighted by atomic mass is 9.90. The number of rotatable bonds is 6. The quantitative estimate of drug-likeness (QED) is 0.787. The molecule has 0 bridgehead atoms. The molecule has 1 atom stereocenters. The van der Waals surface area contributed by atoms with E-state index in [1.54, 1.807) is 18.3 Å². The number of nitrogens with zero attached hydrogens (tertiary/aromatic N) is 1. The van der Waals surface area contributed by atoms with Gasteiger partial charge >= 0.3 is 0 Å². The van der Waals surface area contributed by atoms with Gasteiger partial charge in [-0.2, -0.15) is 0 Å². The summed E-state index contributed by atoms with van der Waals surface area (Å²) in [6.07, 6.45) is 3.29. The van der Waals surface area contributed by atoms with Crippen molar-refractivity contribution in [2.24, 2.45) is 5.92 Å². The van der Waals surface area contributed by atoms with E-state index in [-0.39, 0.29) is 5.91 Å². The lowest BCUT2D eigenvalue weighted by Crippen LogP contribution is -2.42. The molecular formula is C14H21BrN2O2. The molecule has 0 radical (unpaired) electrons. The van der Waals surface area contributed by atoms with Gasteiger partial charge in [0.1, 0.15) is 10.2 Å². The van der Waals surface area contributed by atoms with Gasteiger partial charge in [-0.05, 0) is 53.2 Å². The van der Waals surface area contributed by atoms with Crippen molar-refractivity contribution in [3.63, 3.8) is 0 Å². The predicted octanol–water partition coefficient (Wildman–Crippen LogP) is 3.36. The second-order valence-corrected chi connectivity index (χ2v) is 5.95. The summed E-state index contributed by atoms with van der Waals surface area (Å²) >= 11 is 3.24. The second-order valence-electron chi connectivity index (χ2n) is 5.14. The lowest BCUT2D eigenvalue weighted by Gasteiger charge is -2.26. The van der Waals surface area contributed by atoms with E-state index in [4.69, 9.17) is 0 Å². The first kappa shape index (κ1) is 16.1. The van der Waals surface area contributed by atoms with Crippen LogP contribution in [0.15, 0.2) is 22.9 Å². The summed E-state index contributed by atoms with van der Waals surface area (Å²) in [5.41, 5.74) is -0.677. The standard InChI is InChI=1S/C14H21BrN2O2/c1-4-14(19,7-5-10(2)3)13(18)17-11-6-8-16-12(15)9-11/h6,8-10,19H,4-5,7H2,1-3H3,(H,16,17,18). The average Bonchev–Trinajstić information content (AvgIpc) is 2.35. The van der Waals surface area contributed by atoms with E-state index in [1.165, 1.54) is 0 Å². The van der Waals surface area contributed by atoms with Gasteiger partial charge in [0, 0.05) is 11.9 Å². The number of carbonyl (C=O) groups is 1. The maximum atomic E-state index is 12.2. The van der Waals surface area contributed by atoms with E-state index in [0.29, 0.717) is 29.1 Å². The zero-order chi connectivity index (χ0) is 14.5. The van der Waals surface area contributed by atoms with E-state index in [2.05, 4.69) is 40.1 Å². The van der Waals surface area contributed by atoms with Gasteiger partial charge in [0.15, 0.2) is 0 Å². The van der Waals surface area contributed by atoms with Gasteiger partial charge < -0.3 is 10.4 Å². The Balaban J connectivity index is 2.73. The summed E-state index contributed by atoms with van der Waals surface area (Å²) in [6.45, 7) is 5.98. The van der Waals surface area contributed by atoms with E-state index in [1.807, 2.05) is 6.92 Å². The van der Waals surface area contributed by atoms with Gasteiger partial charge in [-0.1, -0.05) is 20.8 Å². The van der Waals surface area contributed by atoms with Crippen LogP contribution in [0.3, 0.4) is 0 Å². The van der Waals surface area contributed by atoms with Gasteiger partial charge in [-0.15, -0.1) is 0 Å². The van der Waals surface area contributed by atoms with Gasteiger partial charge in [-0.3, -0.25) is 4.79 Å². The van der Waals surface area contributed by atoms with Crippen LogP contribution in [0.1, 0.15) is 40.0 Å². The van der Waals surface area contributed by atoms with E-state index in [9.17, 15) is 9.90 Å². The number of carbonyl (C=O) groups excluding carboxylic acids is 1. The Bertz CT molecular complexity index is 437. The Morgan fingerprint density at radius 2 is 2.26 bits per heavy atom. The van der Waals surface area contributed by atoms with Crippen LogP contribution in [0.2, 0.25) is 0 Å². The van der Waals surface area contributed by atoms with Crippen molar-refractivity contribution in [1.29, 1.82) is 0 Å². The average molecular weight is 329 g/mol. The lowest BCUT2D eigenvalue weighted by molar-refractivity contribution is -0.135. The molecule has 5 heteroatoms. The third kappa shape index (κ3) is 4.91. The molecule has 0 aliphatic carbocycles. The molecule has 4 nitrogen and oxygen atoms in total. The molecule has 1 aromatic heterocycles. The zero-order valence-electron chi connectivity index (χ0n) is 11.6. The summed E-state index contributed by atoms with van der Waals surface area (Å²) in [5, 5.41) is 13.2. The number of pyridine rings is 1. The SMILES string of the molecule is CCC(O)(CCC(C)C)C(=O)Nc1ccnc(Br)c1. The monoisotopic (exact) mass is 328 g/mol. The molecular weight excluding hydrogens is 308 g/mol. The Labute approximate surface area is 122 Å². The van der Waals surface area contributed by atoms with Gasteiger partial charge in [0.2, 0.25) is 0 Å². The summed E-state index contributed by atoms with van der Waals surface area (Å²) in [7, 11) is 0. The molecule has 2 N–H and O–H groups in total. The van der Waals surface area contributed by atoms with Crippen molar-refractivity contribution in [3.05, 3.63) is 22.9 Å². The molecule has 1 rings (SSSR count). The van der Waals surface area contributed by atoms with Gasteiger partial charge in [0.25, 0.3) is 5.91 Å². The van der Waals surface area contributed by atoms with Crippen molar-refractivity contribution in [2.45, 2.75) is 45.6 Å². The molecule has 1 unspecified atom stereocenters. The third-order valence-electron chi connectivity index (χ3n) is 3.13. The van der Waals surface area contributed by atoms with Crippen molar-refractivity contribution in [3.8, 4) is 0 Å². The fourth-order valence-corrected chi connectivity index (χ4v) is 2.07. The minimum Gasteiger partial charge on any atom is -0.380 e. The number of hydrogen-bond donors (Lipinski definition) is 2. The summed E-state index contributed by atoms with van der Waals surface area (Å²) in [6, 6.07) is 3.40. The molecule has 0 spiro atoms. The predicted molar refractivity (Wildman–Crippen MR) is 79.9 cm³/mol. The largest absolute Gasteiger partial charge is 0.380 e. The van der Waals surface area contributed by atoms with Crippen LogP contribution in [0.25, 0.3) is 0 Å². The van der Waals surface area contributed by atoms with Crippen molar-refractivity contribution in [1.82, 2.24) is 4.98 Å². The number of anilines is 1. The minimum atomic E-state index is -1.31. The number of hydrogen-bond acceptors (Lipinski definition) is 3. The van der Waals surface area contributed by atoms with E-state index < -0.39 is 5.60 Å². The second kappa shape index (κ2) is 7.01. The molecule has 0 fully saturated rings. The molecule has 19 heavy (non-hydrogen) atoms. The number of amides is 1. The van der Waals surface area contributed by atoms with Gasteiger partial charge in [-0.25, -0.2) is 4.98 Å². The van der Waals surface area contributed by atoms with E-state index >= 15 is 0 Å². The first-order valence-corrected chi connectivity index (χ1v) is 7.32. The fraction of sp³-hybridized carbons (Fsp3) is 0.571. The fourth-order valence-electron chi connectivity index (χ4n) is 1.71. The smallest absolute Gasteiger partial charge is 0.256 e. The maximum Gasteiger partial charge on any atom is 0.256 e. The molecule has 0 saturated carbocycles. The summed E-state index contributed by atoms with van der Waals surface area (Å²) < 4.78 is 0.646. The van der Waals surface area contributed by atoms with Gasteiger partial charge in [0.05, 0.1) is 0 Å². The van der Waals surface area contributed by atoms with Crippen LogP contribution in [0, 0.1) is 5.92 Å². The molecule has 0 aliphatic heterocycles. The Morgan fingerprint density at radius 3 is 2.79 bits per heavy atom. The van der Waals surface area contributed by atoms with Crippen LogP contribution in [-0.2, 0) is 4.79 Å². The number of aromatic nitrogens is 1. The van der Waals surface area contributed by atoms with Crippen molar-refractivity contribution >= 4 is 27.5 Å². The van der Waals surface area contributed by atoms with Crippen molar-refractivity contribution < 1.29 is 9.90 Å². The van der Waals surface area contributed by atoms with Crippen LogP contribution in [0.5, 0.6) is 0 Å². The Hall–Kier alpha value is -0.940. The van der Waals surface area contributed by atoms with Crippen LogP contribution >= 0.6 is 15.9 Å². The first-order chi connectivity index (χ1) is 8.87. The molecule has 0 saturated heterocycles. The van der Waals surface area contributed by atoms with Crippen LogP contribution in [-0.4, -0.2) is 21.6 Å². The Morgan fingerprint density at radius 1 is 1.58 bits per heavy atom.